The lowest BCUT2D eigenvalue weighted by Crippen LogP contribution is -2.21. The lowest BCUT2D eigenvalue weighted by molar-refractivity contribution is 0.102. The Labute approximate surface area is 130 Å². The molecule has 0 spiro atoms. The monoisotopic (exact) mass is 314 g/mol. The molecule has 1 aromatic heterocycles. The van der Waals surface area contributed by atoms with E-state index in [1.807, 2.05) is 6.07 Å². The summed E-state index contributed by atoms with van der Waals surface area (Å²) in [6.07, 6.45) is 0. The van der Waals surface area contributed by atoms with Crippen LogP contribution in [0.2, 0.25) is 5.02 Å². The smallest absolute Gasteiger partial charge is 0.268 e. The van der Waals surface area contributed by atoms with E-state index in [1.54, 1.807) is 48.5 Å². The average molecular weight is 315 g/mol. The predicted octanol–water partition coefficient (Wildman–Crippen LogP) is 3.63. The number of rotatable bonds is 2. The van der Waals surface area contributed by atoms with E-state index in [0.29, 0.717) is 16.3 Å². The fourth-order valence-electron chi connectivity index (χ4n) is 2.06. The first kappa shape index (κ1) is 14.2. The van der Waals surface area contributed by atoms with Gasteiger partial charge in [-0.15, -0.1) is 0 Å². The van der Waals surface area contributed by atoms with Gasteiger partial charge in [0.05, 0.1) is 10.7 Å². The van der Waals surface area contributed by atoms with Crippen LogP contribution in [0.5, 0.6) is 0 Å². The van der Waals surface area contributed by atoms with Gasteiger partial charge in [0.2, 0.25) is 0 Å². The highest BCUT2D eigenvalue weighted by atomic mass is 35.5. The Hall–Kier alpha value is -2.79. The molecule has 0 aliphatic heterocycles. The molecular weight excluding hydrogens is 304 g/mol. The van der Waals surface area contributed by atoms with Crippen LogP contribution in [0.3, 0.4) is 0 Å². The van der Waals surface area contributed by atoms with Crippen LogP contribution in [0.4, 0.5) is 5.69 Å². The summed E-state index contributed by atoms with van der Waals surface area (Å²) in [4.78, 5) is 12.4. The summed E-state index contributed by atoms with van der Waals surface area (Å²) in [5.74, 6) is -0.476. The Kier molecular flexibility index (Phi) is 3.80. The van der Waals surface area contributed by atoms with Crippen LogP contribution in [0, 0.1) is 0 Å². The molecule has 0 aliphatic carbocycles. The standard InChI is InChI=1S/C16H11ClN2O3/c17-12-6-2-3-7-13(12)18-15(20)11-9-10-5-1-4-8-14(10)22-16(11)19-21/h1-9,21H,(H,18,20)/b19-16-. The van der Waals surface area contributed by atoms with Gasteiger partial charge in [0.15, 0.2) is 0 Å². The SMILES string of the molecule is O=C(Nc1ccccc1Cl)c1cc2ccccc2o/c1=N\O. The molecule has 0 saturated carbocycles. The number of halogens is 1. The van der Waals surface area contributed by atoms with Gasteiger partial charge in [0.25, 0.3) is 11.5 Å². The van der Waals surface area contributed by atoms with Gasteiger partial charge in [-0.2, -0.15) is 0 Å². The van der Waals surface area contributed by atoms with Crippen LogP contribution in [0.25, 0.3) is 11.0 Å². The van der Waals surface area contributed by atoms with Crippen LogP contribution >= 0.6 is 11.6 Å². The fraction of sp³-hybridized carbons (Fsp3) is 0. The molecule has 1 heterocycles. The number of para-hydroxylation sites is 2. The second-order valence-electron chi connectivity index (χ2n) is 4.54. The third-order valence-corrected chi connectivity index (χ3v) is 3.44. The molecule has 3 rings (SSSR count). The molecule has 1 amide bonds. The number of nitrogens with one attached hydrogen (secondary N) is 1. The largest absolute Gasteiger partial charge is 0.435 e. The number of hydrogen-bond donors (Lipinski definition) is 2. The van der Waals surface area contributed by atoms with Crippen molar-refractivity contribution in [3.05, 3.63) is 70.7 Å². The first-order valence-electron chi connectivity index (χ1n) is 6.46. The number of benzene rings is 2. The summed E-state index contributed by atoms with van der Waals surface area (Å²) in [5, 5.41) is 15.9. The van der Waals surface area contributed by atoms with Crippen molar-refractivity contribution >= 4 is 34.2 Å². The minimum atomic E-state index is -0.476. The lowest BCUT2D eigenvalue weighted by atomic mass is 10.1. The summed E-state index contributed by atoms with van der Waals surface area (Å²) < 4.78 is 5.42. The number of carbonyl (C=O) groups excluding carboxylic acids is 1. The number of nitrogens with zero attached hydrogens (tertiary/aromatic N) is 1. The number of carbonyl (C=O) groups is 1. The van der Waals surface area contributed by atoms with Crippen LogP contribution in [-0.2, 0) is 0 Å². The molecule has 0 saturated heterocycles. The molecule has 2 aromatic carbocycles. The van der Waals surface area contributed by atoms with Crippen LogP contribution in [0.1, 0.15) is 10.4 Å². The maximum atomic E-state index is 12.4. The van der Waals surface area contributed by atoms with Crippen molar-refractivity contribution in [2.24, 2.45) is 5.16 Å². The summed E-state index contributed by atoms with van der Waals surface area (Å²) in [5.41, 5.74) is 0.931. The zero-order valence-electron chi connectivity index (χ0n) is 11.3. The molecule has 5 nitrogen and oxygen atoms in total. The Bertz CT molecular complexity index is 918. The Morgan fingerprint density at radius 2 is 1.86 bits per heavy atom. The molecule has 22 heavy (non-hydrogen) atoms. The number of fused-ring (bicyclic) bond motifs is 1. The van der Waals surface area contributed by atoms with Gasteiger partial charge in [-0.05, 0) is 29.4 Å². The minimum Gasteiger partial charge on any atom is -0.435 e. The van der Waals surface area contributed by atoms with Crippen molar-refractivity contribution in [3.8, 4) is 0 Å². The zero-order valence-corrected chi connectivity index (χ0v) is 12.0. The van der Waals surface area contributed by atoms with E-state index in [-0.39, 0.29) is 11.1 Å². The minimum absolute atomic E-state index is 0.112. The molecule has 3 aromatic rings. The molecular formula is C16H11ClN2O3. The Balaban J connectivity index is 2.05. The molecule has 0 bridgehead atoms. The van der Waals surface area contributed by atoms with Crippen molar-refractivity contribution in [2.45, 2.75) is 0 Å². The highest BCUT2D eigenvalue weighted by molar-refractivity contribution is 6.33. The lowest BCUT2D eigenvalue weighted by Gasteiger charge is -2.07. The first-order valence-corrected chi connectivity index (χ1v) is 6.83. The molecule has 0 fully saturated rings. The molecule has 0 unspecified atom stereocenters. The van der Waals surface area contributed by atoms with E-state index in [2.05, 4.69) is 10.5 Å². The Morgan fingerprint density at radius 1 is 1.14 bits per heavy atom. The van der Waals surface area contributed by atoms with E-state index < -0.39 is 5.91 Å². The van der Waals surface area contributed by atoms with Gasteiger partial charge in [0.1, 0.15) is 11.1 Å². The van der Waals surface area contributed by atoms with E-state index in [9.17, 15) is 4.79 Å². The quantitative estimate of drug-likeness (QED) is 0.560. The second kappa shape index (κ2) is 5.91. The van der Waals surface area contributed by atoms with E-state index >= 15 is 0 Å². The van der Waals surface area contributed by atoms with Crippen LogP contribution in [0.15, 0.2) is 64.2 Å². The Morgan fingerprint density at radius 3 is 2.64 bits per heavy atom. The van der Waals surface area contributed by atoms with E-state index in [0.717, 1.165) is 5.39 Å². The predicted molar refractivity (Wildman–Crippen MR) is 83.0 cm³/mol. The van der Waals surface area contributed by atoms with Crippen molar-refractivity contribution in [2.75, 3.05) is 5.32 Å². The maximum absolute atomic E-state index is 12.4. The van der Waals surface area contributed by atoms with Gasteiger partial charge in [-0.1, -0.05) is 41.9 Å². The highest BCUT2D eigenvalue weighted by Gasteiger charge is 2.14. The van der Waals surface area contributed by atoms with Gasteiger partial charge in [0, 0.05) is 5.39 Å². The molecule has 2 N–H and O–H groups in total. The summed E-state index contributed by atoms with van der Waals surface area (Å²) in [6.45, 7) is 0. The number of anilines is 1. The molecule has 110 valence electrons. The maximum Gasteiger partial charge on any atom is 0.268 e. The summed E-state index contributed by atoms with van der Waals surface area (Å²) in [7, 11) is 0. The summed E-state index contributed by atoms with van der Waals surface area (Å²) >= 11 is 6.01. The van der Waals surface area contributed by atoms with Gasteiger partial charge < -0.3 is 14.9 Å². The van der Waals surface area contributed by atoms with Gasteiger partial charge in [-0.25, -0.2) is 0 Å². The van der Waals surface area contributed by atoms with Crippen LogP contribution < -0.4 is 10.9 Å². The fourth-order valence-corrected chi connectivity index (χ4v) is 2.24. The third kappa shape index (κ3) is 2.66. The number of hydrogen-bond acceptors (Lipinski definition) is 4. The zero-order chi connectivity index (χ0) is 15.5. The second-order valence-corrected chi connectivity index (χ2v) is 4.94. The third-order valence-electron chi connectivity index (χ3n) is 3.11. The van der Waals surface area contributed by atoms with E-state index in [4.69, 9.17) is 21.2 Å². The molecule has 6 heteroatoms. The topological polar surface area (TPSA) is 74.8 Å². The molecule has 0 atom stereocenters. The first-order chi connectivity index (χ1) is 10.7. The van der Waals surface area contributed by atoms with Gasteiger partial charge >= 0.3 is 0 Å². The highest BCUT2D eigenvalue weighted by Crippen LogP contribution is 2.21. The van der Waals surface area contributed by atoms with Crippen LogP contribution in [-0.4, -0.2) is 11.1 Å². The van der Waals surface area contributed by atoms with Gasteiger partial charge in [-0.3, -0.25) is 4.79 Å². The molecule has 0 aliphatic rings. The molecule has 0 radical (unpaired) electrons. The normalized spacial score (nSPS) is 11.6. The van der Waals surface area contributed by atoms with E-state index in [1.165, 1.54) is 0 Å². The average Bonchev–Trinajstić information content (AvgIpc) is 2.55. The van der Waals surface area contributed by atoms with Crippen molar-refractivity contribution in [3.63, 3.8) is 0 Å². The van der Waals surface area contributed by atoms with Crippen molar-refractivity contribution in [1.82, 2.24) is 0 Å². The van der Waals surface area contributed by atoms with Crippen molar-refractivity contribution in [1.29, 1.82) is 0 Å². The summed E-state index contributed by atoms with van der Waals surface area (Å²) in [6, 6.07) is 15.6. The number of amides is 1. The van der Waals surface area contributed by atoms with Crippen molar-refractivity contribution < 1.29 is 14.4 Å².